The van der Waals surface area contributed by atoms with Crippen molar-refractivity contribution in [2.24, 2.45) is 0 Å². The molecule has 0 saturated carbocycles. The molecule has 5 nitrogen and oxygen atoms in total. The molecule has 1 N–H and O–H groups in total. The van der Waals surface area contributed by atoms with Gasteiger partial charge in [-0.3, -0.25) is 4.98 Å². The Hall–Kier alpha value is -1.91. The molecule has 5 heteroatoms. The molecule has 0 unspecified atom stereocenters. The van der Waals surface area contributed by atoms with Gasteiger partial charge in [0.2, 0.25) is 6.39 Å². The number of nitrogens with one attached hydrogen (secondary N) is 1. The van der Waals surface area contributed by atoms with Gasteiger partial charge in [-0.2, -0.15) is 0 Å². The summed E-state index contributed by atoms with van der Waals surface area (Å²) in [7, 11) is 0. The maximum absolute atomic E-state index is 4.94. The number of hydrogen-bond acceptors (Lipinski definition) is 5. The summed E-state index contributed by atoms with van der Waals surface area (Å²) < 4.78 is 4.94. The molecule has 0 bridgehead atoms. The van der Waals surface area contributed by atoms with E-state index in [9.17, 15) is 0 Å². The molecule has 14 heavy (non-hydrogen) atoms. The average molecular weight is 190 g/mol. The van der Waals surface area contributed by atoms with Gasteiger partial charge >= 0.3 is 6.01 Å². The van der Waals surface area contributed by atoms with E-state index in [-0.39, 0.29) is 0 Å². The monoisotopic (exact) mass is 190 g/mol. The van der Waals surface area contributed by atoms with E-state index in [1.807, 2.05) is 19.1 Å². The van der Waals surface area contributed by atoms with Crippen LogP contribution in [0.1, 0.15) is 11.3 Å². The Morgan fingerprint density at radius 3 is 3.14 bits per heavy atom. The number of pyridine rings is 1. The largest absolute Gasteiger partial charge is 0.411 e. The molecule has 0 aliphatic carbocycles. The molecular formula is C9H10N4O. The van der Waals surface area contributed by atoms with Crippen LogP contribution in [0.4, 0.5) is 6.01 Å². The van der Waals surface area contributed by atoms with E-state index < -0.39 is 0 Å². The number of nitrogens with zero attached hydrogens (tertiary/aromatic N) is 3. The lowest BCUT2D eigenvalue weighted by Crippen LogP contribution is -2.02. The lowest BCUT2D eigenvalue weighted by atomic mass is 10.2. The topological polar surface area (TPSA) is 63.8 Å². The van der Waals surface area contributed by atoms with Crippen LogP contribution in [0.25, 0.3) is 0 Å². The number of hydrogen-bond donors (Lipinski definition) is 1. The van der Waals surface area contributed by atoms with Gasteiger partial charge in [-0.25, -0.2) is 0 Å². The first kappa shape index (κ1) is 8.68. The van der Waals surface area contributed by atoms with Crippen molar-refractivity contribution in [3.8, 4) is 0 Å². The number of anilines is 1. The van der Waals surface area contributed by atoms with Crippen LogP contribution < -0.4 is 5.32 Å². The van der Waals surface area contributed by atoms with Crippen LogP contribution in [0, 0.1) is 6.92 Å². The molecule has 0 spiro atoms. The zero-order chi connectivity index (χ0) is 9.80. The Labute approximate surface area is 81.2 Å². The summed E-state index contributed by atoms with van der Waals surface area (Å²) in [4.78, 5) is 4.17. The molecule has 0 aliphatic heterocycles. The molecule has 72 valence electrons. The smallest absolute Gasteiger partial charge is 0.315 e. The first-order valence-electron chi connectivity index (χ1n) is 4.27. The van der Waals surface area contributed by atoms with Crippen molar-refractivity contribution in [1.29, 1.82) is 0 Å². The van der Waals surface area contributed by atoms with Gasteiger partial charge in [-0.05, 0) is 18.6 Å². The first-order chi connectivity index (χ1) is 6.86. The summed E-state index contributed by atoms with van der Waals surface area (Å²) in [6.45, 7) is 2.60. The van der Waals surface area contributed by atoms with E-state index in [1.54, 1.807) is 6.20 Å². The molecule has 2 aromatic rings. The summed E-state index contributed by atoms with van der Waals surface area (Å²) >= 11 is 0. The highest BCUT2D eigenvalue weighted by molar-refractivity contribution is 5.25. The van der Waals surface area contributed by atoms with Gasteiger partial charge in [0.15, 0.2) is 0 Å². The third-order valence-corrected chi connectivity index (χ3v) is 1.91. The molecule has 2 aromatic heterocycles. The van der Waals surface area contributed by atoms with E-state index in [1.165, 1.54) is 6.39 Å². The number of aromatic nitrogens is 3. The maximum atomic E-state index is 4.94. The van der Waals surface area contributed by atoms with Gasteiger partial charge in [-0.1, -0.05) is 11.2 Å². The van der Waals surface area contributed by atoms with E-state index in [4.69, 9.17) is 4.42 Å². The lowest BCUT2D eigenvalue weighted by Gasteiger charge is -2.03. The third kappa shape index (κ3) is 1.87. The molecular weight excluding hydrogens is 180 g/mol. The quantitative estimate of drug-likeness (QED) is 0.792. The van der Waals surface area contributed by atoms with Crippen LogP contribution in [0.5, 0.6) is 0 Å². The highest BCUT2D eigenvalue weighted by Gasteiger charge is 2.00. The van der Waals surface area contributed by atoms with Crippen molar-refractivity contribution >= 4 is 6.01 Å². The van der Waals surface area contributed by atoms with Crippen LogP contribution in [-0.4, -0.2) is 15.2 Å². The van der Waals surface area contributed by atoms with Crippen molar-refractivity contribution < 1.29 is 4.42 Å². The first-order valence-corrected chi connectivity index (χ1v) is 4.27. The van der Waals surface area contributed by atoms with Gasteiger partial charge in [0.25, 0.3) is 0 Å². The second-order valence-electron chi connectivity index (χ2n) is 2.85. The highest BCUT2D eigenvalue weighted by atomic mass is 16.4. The summed E-state index contributed by atoms with van der Waals surface area (Å²) in [5, 5.41) is 10.3. The van der Waals surface area contributed by atoms with Crippen LogP contribution in [-0.2, 0) is 6.54 Å². The molecule has 0 amide bonds. The molecule has 0 atom stereocenters. The predicted octanol–water partition coefficient (Wildman–Crippen LogP) is 1.39. The Morgan fingerprint density at radius 1 is 1.50 bits per heavy atom. The second-order valence-corrected chi connectivity index (χ2v) is 2.85. The second kappa shape index (κ2) is 3.87. The third-order valence-electron chi connectivity index (χ3n) is 1.91. The maximum Gasteiger partial charge on any atom is 0.315 e. The van der Waals surface area contributed by atoms with Crippen molar-refractivity contribution in [1.82, 2.24) is 15.2 Å². The van der Waals surface area contributed by atoms with E-state index in [0.717, 1.165) is 11.3 Å². The van der Waals surface area contributed by atoms with Crippen molar-refractivity contribution in [2.75, 3.05) is 5.32 Å². The van der Waals surface area contributed by atoms with Gasteiger partial charge < -0.3 is 9.73 Å². The fraction of sp³-hybridized carbons (Fsp3) is 0.222. The van der Waals surface area contributed by atoms with E-state index in [2.05, 4.69) is 20.5 Å². The SMILES string of the molecule is Cc1ncccc1CNc1nnco1. The summed E-state index contributed by atoms with van der Waals surface area (Å²) in [6, 6.07) is 4.33. The van der Waals surface area contributed by atoms with Gasteiger partial charge in [-0.15, -0.1) is 5.10 Å². The van der Waals surface area contributed by atoms with Crippen molar-refractivity contribution in [2.45, 2.75) is 13.5 Å². The number of aryl methyl sites for hydroxylation is 1. The average Bonchev–Trinajstić information content (AvgIpc) is 2.69. The van der Waals surface area contributed by atoms with Gasteiger partial charge in [0.1, 0.15) is 0 Å². The Kier molecular flexibility index (Phi) is 2.40. The minimum Gasteiger partial charge on any atom is -0.411 e. The summed E-state index contributed by atoms with van der Waals surface area (Å²) in [6.07, 6.45) is 3.06. The molecule has 0 aromatic carbocycles. The number of rotatable bonds is 3. The molecule has 0 radical (unpaired) electrons. The zero-order valence-electron chi connectivity index (χ0n) is 7.77. The molecule has 0 saturated heterocycles. The van der Waals surface area contributed by atoms with Crippen LogP contribution in [0.2, 0.25) is 0 Å². The Morgan fingerprint density at radius 2 is 2.43 bits per heavy atom. The fourth-order valence-electron chi connectivity index (χ4n) is 1.13. The van der Waals surface area contributed by atoms with E-state index in [0.29, 0.717) is 12.6 Å². The molecule has 2 heterocycles. The van der Waals surface area contributed by atoms with Crippen LogP contribution in [0.3, 0.4) is 0 Å². The van der Waals surface area contributed by atoms with Crippen LogP contribution >= 0.6 is 0 Å². The summed E-state index contributed by atoms with van der Waals surface area (Å²) in [5.74, 6) is 0. The van der Waals surface area contributed by atoms with Crippen LogP contribution in [0.15, 0.2) is 29.1 Å². The highest BCUT2D eigenvalue weighted by Crippen LogP contribution is 2.06. The minimum absolute atomic E-state index is 0.424. The Balaban J connectivity index is 2.02. The van der Waals surface area contributed by atoms with Crippen molar-refractivity contribution in [3.05, 3.63) is 36.0 Å². The standard InChI is InChI=1S/C9H10N4O/c1-7-8(3-2-4-10-7)5-11-9-13-12-6-14-9/h2-4,6H,5H2,1H3,(H,11,13). The Bertz CT molecular complexity index is 399. The summed E-state index contributed by atoms with van der Waals surface area (Å²) in [5.41, 5.74) is 2.12. The van der Waals surface area contributed by atoms with Gasteiger partial charge in [0.05, 0.1) is 0 Å². The van der Waals surface area contributed by atoms with E-state index >= 15 is 0 Å². The predicted molar refractivity (Wildman–Crippen MR) is 50.6 cm³/mol. The lowest BCUT2D eigenvalue weighted by molar-refractivity contribution is 0.565. The molecule has 2 rings (SSSR count). The molecule has 0 fully saturated rings. The minimum atomic E-state index is 0.424. The zero-order valence-corrected chi connectivity index (χ0v) is 7.77. The fourth-order valence-corrected chi connectivity index (χ4v) is 1.13. The normalized spacial score (nSPS) is 10.1. The molecule has 0 aliphatic rings. The van der Waals surface area contributed by atoms with Crippen molar-refractivity contribution in [3.63, 3.8) is 0 Å². The van der Waals surface area contributed by atoms with Gasteiger partial charge in [0, 0.05) is 18.4 Å².